The molecule has 2 saturated carbocycles. The van der Waals surface area contributed by atoms with Gasteiger partial charge < -0.3 is 5.32 Å². The molecule has 2 aliphatic rings. The molecular weight excluding hydrogens is 493 g/mol. The van der Waals surface area contributed by atoms with Gasteiger partial charge >= 0.3 is 6.18 Å². The second-order valence-corrected chi connectivity index (χ2v) is 10.3. The summed E-state index contributed by atoms with van der Waals surface area (Å²) >= 11 is 6.48. The van der Waals surface area contributed by atoms with Crippen LogP contribution in [0, 0.1) is 5.92 Å². The van der Waals surface area contributed by atoms with Gasteiger partial charge in [-0.2, -0.15) is 23.4 Å². The number of nitrogens with zero attached hydrogens (tertiary/aromatic N) is 6. The van der Waals surface area contributed by atoms with Crippen molar-refractivity contribution < 1.29 is 13.2 Å². The molecule has 0 amide bonds. The second-order valence-electron chi connectivity index (χ2n) is 9.94. The van der Waals surface area contributed by atoms with E-state index in [1.165, 1.54) is 17.7 Å². The topological polar surface area (TPSA) is 87.5 Å². The van der Waals surface area contributed by atoms with E-state index in [-0.39, 0.29) is 18.6 Å². The Morgan fingerprint density at radius 2 is 1.92 bits per heavy atom. The highest BCUT2D eigenvalue weighted by Gasteiger charge is 2.35. The summed E-state index contributed by atoms with van der Waals surface area (Å²) in [4.78, 5) is 10.6. The van der Waals surface area contributed by atoms with Crippen LogP contribution < -0.4 is 5.32 Å². The minimum absolute atomic E-state index is 0.0803. The first-order valence-corrected chi connectivity index (χ1v) is 12.7. The van der Waals surface area contributed by atoms with E-state index in [0.29, 0.717) is 35.4 Å². The number of hydrogen-bond acceptors (Lipinski definition) is 6. The molecule has 3 aromatic heterocycles. The molecule has 36 heavy (non-hydrogen) atoms. The lowest BCUT2D eigenvalue weighted by molar-refractivity contribution is -0.153. The van der Waals surface area contributed by atoms with E-state index in [4.69, 9.17) is 16.6 Å². The first-order valence-electron chi connectivity index (χ1n) is 12.3. The van der Waals surface area contributed by atoms with Crippen molar-refractivity contribution in [2.75, 3.05) is 11.9 Å². The zero-order valence-electron chi connectivity index (χ0n) is 20.1. The van der Waals surface area contributed by atoms with Crippen molar-refractivity contribution >= 4 is 17.5 Å². The number of H-pyrrole nitrogens is 1. The quantitative estimate of drug-likeness (QED) is 0.411. The van der Waals surface area contributed by atoms with Crippen LogP contribution in [-0.2, 0) is 20.0 Å². The number of nitrogens with one attached hydrogen (secondary N) is 2. The lowest BCUT2D eigenvalue weighted by Crippen LogP contribution is -2.44. The van der Waals surface area contributed by atoms with Crippen LogP contribution in [-0.4, -0.2) is 59.7 Å². The minimum Gasteiger partial charge on any atom is -0.351 e. The molecule has 0 aliphatic heterocycles. The molecule has 2 aliphatic carbocycles. The molecule has 2 fully saturated rings. The summed E-state index contributed by atoms with van der Waals surface area (Å²) in [5, 5.41) is 14.8. The van der Waals surface area contributed by atoms with Gasteiger partial charge in [0.2, 0.25) is 5.95 Å². The molecule has 0 saturated heterocycles. The number of alkyl halides is 3. The number of aryl methyl sites for hydroxylation is 1. The van der Waals surface area contributed by atoms with Crippen molar-refractivity contribution in [3.63, 3.8) is 0 Å². The Morgan fingerprint density at radius 3 is 2.58 bits per heavy atom. The molecule has 5 rings (SSSR count). The summed E-state index contributed by atoms with van der Waals surface area (Å²) in [7, 11) is 1.93. The van der Waals surface area contributed by atoms with Gasteiger partial charge in [-0.3, -0.25) is 14.7 Å². The summed E-state index contributed by atoms with van der Waals surface area (Å²) in [6, 6.07) is -0.0709. The van der Waals surface area contributed by atoms with Crippen molar-refractivity contribution in [3.05, 3.63) is 41.1 Å². The molecule has 0 atom stereocenters. The van der Waals surface area contributed by atoms with Crippen molar-refractivity contribution in [1.82, 2.24) is 34.8 Å². The maximum Gasteiger partial charge on any atom is 0.401 e. The Labute approximate surface area is 212 Å². The van der Waals surface area contributed by atoms with Gasteiger partial charge in [0, 0.05) is 48.7 Å². The molecule has 0 spiro atoms. The number of aromatic nitrogens is 6. The van der Waals surface area contributed by atoms with Gasteiger partial charge in [-0.05, 0) is 50.9 Å². The molecule has 194 valence electrons. The Bertz CT molecular complexity index is 1150. The first-order chi connectivity index (χ1) is 17.2. The number of aromatic amines is 1. The van der Waals surface area contributed by atoms with Gasteiger partial charge in [-0.1, -0.05) is 11.6 Å². The summed E-state index contributed by atoms with van der Waals surface area (Å²) in [6.45, 7) is -0.713. The Kier molecular flexibility index (Phi) is 7.21. The smallest absolute Gasteiger partial charge is 0.351 e. The van der Waals surface area contributed by atoms with Gasteiger partial charge in [0.15, 0.2) is 0 Å². The normalized spacial score (nSPS) is 20.7. The predicted molar refractivity (Wildman–Crippen MR) is 130 cm³/mol. The summed E-state index contributed by atoms with van der Waals surface area (Å²) in [5.41, 5.74) is 3.44. The van der Waals surface area contributed by atoms with E-state index >= 15 is 0 Å². The Hall–Kier alpha value is -2.66. The monoisotopic (exact) mass is 522 g/mol. The lowest BCUT2D eigenvalue weighted by Gasteiger charge is -2.37. The third-order valence-corrected chi connectivity index (χ3v) is 7.39. The standard InChI is InChI=1S/C24H30ClF3N8/c1-35-21(8-15-2-3-15)19(11-32-35)22-20(25)12-29-23(34-22)33-17-4-6-18(7-5-17)36(14-24(26,27)28)13-16-9-30-31-10-16/h9-12,15,17-18H,2-8,13-14H2,1H3,(H,30,31)(H,29,33,34)/t17-,18-. The third kappa shape index (κ3) is 6.18. The summed E-state index contributed by atoms with van der Waals surface area (Å²) < 4.78 is 41.7. The Balaban J connectivity index is 1.24. The average molecular weight is 523 g/mol. The molecular formula is C24H30ClF3N8. The van der Waals surface area contributed by atoms with E-state index in [0.717, 1.165) is 36.1 Å². The van der Waals surface area contributed by atoms with Crippen LogP contribution in [0.5, 0.6) is 0 Å². The SMILES string of the molecule is Cn1ncc(-c2nc(N[C@H]3CC[C@H](N(Cc4cn[nH]c4)CC(F)(F)F)CC3)ncc2Cl)c1CC1CC1. The summed E-state index contributed by atoms with van der Waals surface area (Å²) in [6.07, 6.45) is 8.55. The van der Waals surface area contributed by atoms with Gasteiger partial charge in [0.05, 0.1) is 35.9 Å². The van der Waals surface area contributed by atoms with Gasteiger partial charge in [0.25, 0.3) is 0 Å². The highest BCUT2D eigenvalue weighted by Crippen LogP contribution is 2.37. The lowest BCUT2D eigenvalue weighted by atomic mass is 9.90. The first kappa shape index (κ1) is 25.0. The number of halogens is 4. The van der Waals surface area contributed by atoms with Crippen LogP contribution in [0.15, 0.2) is 24.8 Å². The molecule has 8 nitrogen and oxygen atoms in total. The number of hydrogen-bond donors (Lipinski definition) is 2. The van der Waals surface area contributed by atoms with Crippen LogP contribution in [0.2, 0.25) is 5.02 Å². The molecule has 0 aromatic carbocycles. The van der Waals surface area contributed by atoms with Gasteiger partial charge in [-0.25, -0.2) is 9.97 Å². The van der Waals surface area contributed by atoms with Crippen molar-refractivity contribution in [3.8, 4) is 11.3 Å². The van der Waals surface area contributed by atoms with E-state index in [2.05, 4.69) is 25.6 Å². The maximum atomic E-state index is 13.3. The molecule has 2 N–H and O–H groups in total. The second kappa shape index (κ2) is 10.4. The minimum atomic E-state index is -4.25. The number of anilines is 1. The average Bonchev–Trinajstić information content (AvgIpc) is 3.37. The Morgan fingerprint density at radius 1 is 1.14 bits per heavy atom. The molecule has 0 unspecified atom stereocenters. The van der Waals surface area contributed by atoms with Crippen LogP contribution in [0.3, 0.4) is 0 Å². The number of rotatable bonds is 9. The fourth-order valence-corrected chi connectivity index (χ4v) is 5.23. The zero-order valence-corrected chi connectivity index (χ0v) is 20.9. The van der Waals surface area contributed by atoms with Gasteiger partial charge in [0.1, 0.15) is 0 Å². The van der Waals surface area contributed by atoms with E-state index in [1.54, 1.807) is 24.8 Å². The van der Waals surface area contributed by atoms with Gasteiger partial charge in [-0.15, -0.1) is 0 Å². The van der Waals surface area contributed by atoms with E-state index in [9.17, 15) is 13.2 Å². The molecule has 3 heterocycles. The van der Waals surface area contributed by atoms with Crippen molar-refractivity contribution in [2.24, 2.45) is 13.0 Å². The maximum absolute atomic E-state index is 13.3. The third-order valence-electron chi connectivity index (χ3n) is 7.11. The van der Waals surface area contributed by atoms with E-state index in [1.807, 2.05) is 11.7 Å². The fraction of sp³-hybridized carbons (Fsp3) is 0.583. The van der Waals surface area contributed by atoms with Crippen molar-refractivity contribution in [2.45, 2.75) is 69.8 Å². The van der Waals surface area contributed by atoms with E-state index < -0.39 is 12.7 Å². The fourth-order valence-electron chi connectivity index (χ4n) is 5.03. The molecule has 0 radical (unpaired) electrons. The highest BCUT2D eigenvalue weighted by atomic mass is 35.5. The predicted octanol–water partition coefficient (Wildman–Crippen LogP) is 4.99. The van der Waals surface area contributed by atoms with Crippen molar-refractivity contribution in [1.29, 1.82) is 0 Å². The zero-order chi connectivity index (χ0) is 25.3. The summed E-state index contributed by atoms with van der Waals surface area (Å²) in [5.74, 6) is 1.17. The van der Waals surface area contributed by atoms with Crippen LogP contribution in [0.1, 0.15) is 49.8 Å². The molecule has 12 heteroatoms. The molecule has 3 aromatic rings. The van der Waals surface area contributed by atoms with Crippen LogP contribution in [0.25, 0.3) is 11.3 Å². The molecule has 0 bridgehead atoms. The van der Waals surface area contributed by atoms with Crippen LogP contribution in [0.4, 0.5) is 19.1 Å². The van der Waals surface area contributed by atoms with Crippen LogP contribution >= 0.6 is 11.6 Å². The highest BCUT2D eigenvalue weighted by molar-refractivity contribution is 6.32. The largest absolute Gasteiger partial charge is 0.401 e.